The van der Waals surface area contributed by atoms with Crippen LogP contribution in [0.2, 0.25) is 0 Å². The number of hydrogen-bond acceptors (Lipinski definition) is 6. The van der Waals surface area contributed by atoms with Gasteiger partial charge in [0.1, 0.15) is 13.2 Å². The van der Waals surface area contributed by atoms with Crippen molar-refractivity contribution in [1.82, 2.24) is 0 Å². The van der Waals surface area contributed by atoms with E-state index in [1.807, 2.05) is 0 Å². The van der Waals surface area contributed by atoms with Crippen LogP contribution in [0.15, 0.2) is 0 Å². The second-order valence-corrected chi connectivity index (χ2v) is 2.39. The average molecular weight is 249 g/mol. The minimum Gasteiger partial charge on any atom is -0.461 e. The summed E-state index contributed by atoms with van der Waals surface area (Å²) in [5.41, 5.74) is 0. The van der Waals surface area contributed by atoms with E-state index in [1.165, 1.54) is 0 Å². The zero-order valence-corrected chi connectivity index (χ0v) is 12.3. The molecule has 0 atom stereocenters. The molecule has 0 saturated heterocycles. The quantitative estimate of drug-likeness (QED) is 0.300. The molecule has 1 radical (unpaired) electrons. The molecule has 0 spiro atoms. The maximum atomic E-state index is 10.5. The van der Waals surface area contributed by atoms with Crippen LogP contribution < -0.4 is 0 Å². The standard InChI is InChI=1S/C6H10O4S2.K/c7-5(3-11)9-1-2-10-6(8)4-12;/h11-12H,1-4H2;. The van der Waals surface area contributed by atoms with E-state index in [0.29, 0.717) is 0 Å². The average Bonchev–Trinajstić information content (AvgIpc) is 2.11. The van der Waals surface area contributed by atoms with Crippen LogP contribution in [0.3, 0.4) is 0 Å². The van der Waals surface area contributed by atoms with Gasteiger partial charge in [-0.3, -0.25) is 9.59 Å². The summed E-state index contributed by atoms with van der Waals surface area (Å²) in [4.78, 5) is 20.9. The Labute approximate surface area is 130 Å². The first-order chi connectivity index (χ1) is 5.70. The van der Waals surface area contributed by atoms with Gasteiger partial charge in [0.05, 0.1) is 11.5 Å². The molecule has 0 saturated carbocycles. The van der Waals surface area contributed by atoms with E-state index in [4.69, 9.17) is 0 Å². The van der Waals surface area contributed by atoms with Crippen molar-refractivity contribution in [2.75, 3.05) is 24.7 Å². The summed E-state index contributed by atoms with van der Waals surface area (Å²) in [6, 6.07) is 0. The Kier molecular flexibility index (Phi) is 14.6. The molecule has 0 aromatic rings. The summed E-state index contributed by atoms with van der Waals surface area (Å²) in [5, 5.41) is 0. The van der Waals surface area contributed by atoms with Crippen molar-refractivity contribution in [3.63, 3.8) is 0 Å². The van der Waals surface area contributed by atoms with Gasteiger partial charge in [-0.25, -0.2) is 0 Å². The first kappa shape index (κ1) is 16.7. The van der Waals surface area contributed by atoms with Crippen LogP contribution in [-0.4, -0.2) is 88.0 Å². The molecule has 0 bridgehead atoms. The van der Waals surface area contributed by atoms with Gasteiger partial charge in [0.25, 0.3) is 0 Å². The maximum Gasteiger partial charge on any atom is 0.315 e. The first-order valence-electron chi connectivity index (χ1n) is 3.23. The Morgan fingerprint density at radius 1 is 0.923 bits per heavy atom. The largest absolute Gasteiger partial charge is 0.461 e. The molecule has 0 aromatic heterocycles. The molecule has 0 aliphatic rings. The SMILES string of the molecule is O=C(CS)OCCOC(=O)CS.[K]. The van der Waals surface area contributed by atoms with E-state index in [9.17, 15) is 9.59 Å². The van der Waals surface area contributed by atoms with Crippen LogP contribution in [0.25, 0.3) is 0 Å². The monoisotopic (exact) mass is 249 g/mol. The molecule has 0 rings (SSSR count). The number of thiol groups is 2. The normalized spacial score (nSPS) is 8.46. The summed E-state index contributed by atoms with van der Waals surface area (Å²) in [5.74, 6) is -0.804. The van der Waals surface area contributed by atoms with E-state index in [-0.39, 0.29) is 76.1 Å². The Hall–Kier alpha value is 1.28. The third kappa shape index (κ3) is 11.2. The summed E-state index contributed by atoms with van der Waals surface area (Å²) >= 11 is 7.36. The topological polar surface area (TPSA) is 52.6 Å². The molecule has 7 heteroatoms. The molecule has 0 amide bonds. The summed E-state index contributed by atoms with van der Waals surface area (Å²) < 4.78 is 9.14. The van der Waals surface area contributed by atoms with Gasteiger partial charge in [0.15, 0.2) is 0 Å². The Morgan fingerprint density at radius 2 is 1.23 bits per heavy atom. The van der Waals surface area contributed by atoms with Crippen molar-refractivity contribution in [1.29, 1.82) is 0 Å². The zero-order chi connectivity index (χ0) is 9.40. The molecule has 4 nitrogen and oxygen atoms in total. The Bertz CT molecular complexity index is 147. The molecule has 0 fully saturated rings. The van der Waals surface area contributed by atoms with Crippen molar-refractivity contribution in [3.05, 3.63) is 0 Å². The first-order valence-corrected chi connectivity index (χ1v) is 4.50. The minimum atomic E-state index is -0.430. The van der Waals surface area contributed by atoms with Crippen molar-refractivity contribution >= 4 is 88.6 Å². The number of carbonyl (C=O) groups is 2. The number of rotatable bonds is 5. The second-order valence-electron chi connectivity index (χ2n) is 1.76. The van der Waals surface area contributed by atoms with Gasteiger partial charge in [-0.2, -0.15) is 25.3 Å². The predicted molar refractivity (Wildman–Crippen MR) is 55.4 cm³/mol. The third-order valence-corrected chi connectivity index (χ3v) is 1.38. The maximum absolute atomic E-state index is 10.5. The van der Waals surface area contributed by atoms with E-state index in [0.717, 1.165) is 0 Å². The van der Waals surface area contributed by atoms with E-state index >= 15 is 0 Å². The van der Waals surface area contributed by atoms with Gasteiger partial charge in [-0.15, -0.1) is 0 Å². The van der Waals surface area contributed by atoms with Gasteiger partial charge >= 0.3 is 11.9 Å². The Morgan fingerprint density at radius 3 is 1.46 bits per heavy atom. The van der Waals surface area contributed by atoms with Crippen LogP contribution in [0, 0.1) is 0 Å². The van der Waals surface area contributed by atoms with Crippen molar-refractivity contribution < 1.29 is 19.1 Å². The molecule has 71 valence electrons. The molecule has 0 aromatic carbocycles. The van der Waals surface area contributed by atoms with Gasteiger partial charge in [0.2, 0.25) is 0 Å². The smallest absolute Gasteiger partial charge is 0.315 e. The van der Waals surface area contributed by atoms with Crippen LogP contribution in [-0.2, 0) is 19.1 Å². The van der Waals surface area contributed by atoms with Crippen LogP contribution >= 0.6 is 25.3 Å². The van der Waals surface area contributed by atoms with Crippen molar-refractivity contribution in [2.24, 2.45) is 0 Å². The minimum absolute atomic E-state index is 0. The van der Waals surface area contributed by atoms with E-state index in [1.54, 1.807) is 0 Å². The van der Waals surface area contributed by atoms with E-state index < -0.39 is 11.9 Å². The molecule has 0 heterocycles. The molecule has 0 unspecified atom stereocenters. The fourth-order valence-corrected chi connectivity index (χ4v) is 0.585. The van der Waals surface area contributed by atoms with Crippen LogP contribution in [0.5, 0.6) is 0 Å². The molecular formula is C6H10KO4S2. The molecule has 0 N–H and O–H groups in total. The fourth-order valence-electron chi connectivity index (χ4n) is 0.402. The van der Waals surface area contributed by atoms with Gasteiger partial charge in [-0.1, -0.05) is 0 Å². The van der Waals surface area contributed by atoms with E-state index in [2.05, 4.69) is 34.7 Å². The van der Waals surface area contributed by atoms with Gasteiger partial charge in [-0.05, 0) is 0 Å². The van der Waals surface area contributed by atoms with Crippen LogP contribution in [0.1, 0.15) is 0 Å². The zero-order valence-electron chi connectivity index (χ0n) is 7.36. The number of esters is 2. The van der Waals surface area contributed by atoms with Gasteiger partial charge in [0, 0.05) is 51.4 Å². The molecule has 0 aliphatic heterocycles. The second kappa shape index (κ2) is 11.4. The molecule has 13 heavy (non-hydrogen) atoms. The van der Waals surface area contributed by atoms with Crippen LogP contribution in [0.4, 0.5) is 0 Å². The summed E-state index contributed by atoms with van der Waals surface area (Å²) in [6.07, 6.45) is 0. The summed E-state index contributed by atoms with van der Waals surface area (Å²) in [7, 11) is 0. The van der Waals surface area contributed by atoms with Crippen molar-refractivity contribution in [3.8, 4) is 0 Å². The molecule has 0 aliphatic carbocycles. The third-order valence-electron chi connectivity index (χ3n) is 0.868. The van der Waals surface area contributed by atoms with Gasteiger partial charge < -0.3 is 9.47 Å². The fraction of sp³-hybridized carbons (Fsp3) is 0.667. The number of ether oxygens (including phenoxy) is 2. The number of hydrogen-bond donors (Lipinski definition) is 2. The van der Waals surface area contributed by atoms with Crippen molar-refractivity contribution in [2.45, 2.75) is 0 Å². The predicted octanol–water partition coefficient (Wildman–Crippen LogP) is -0.448. The summed E-state index contributed by atoms with van der Waals surface area (Å²) in [6.45, 7) is 0.137. The Balaban J connectivity index is 0. The number of carbonyl (C=O) groups excluding carboxylic acids is 2. The molecular weight excluding hydrogens is 239 g/mol.